The molecule has 1 aliphatic carbocycles. The molecule has 0 amide bonds. The SMILES string of the molecule is CC(C)c1ccc(C(CN)C2CCC2)cc1. The predicted octanol–water partition coefficient (Wildman–Crippen LogP) is 3.65. The van der Waals surface area contributed by atoms with E-state index in [1.165, 1.54) is 30.4 Å². The van der Waals surface area contributed by atoms with Gasteiger partial charge in [-0.05, 0) is 48.3 Å². The minimum Gasteiger partial charge on any atom is -0.330 e. The highest BCUT2D eigenvalue weighted by molar-refractivity contribution is 5.28. The molecule has 0 aliphatic heterocycles. The maximum atomic E-state index is 5.91. The first kappa shape index (κ1) is 11.7. The largest absolute Gasteiger partial charge is 0.330 e. The lowest BCUT2D eigenvalue weighted by Gasteiger charge is -2.33. The van der Waals surface area contributed by atoms with E-state index in [2.05, 4.69) is 38.1 Å². The Hall–Kier alpha value is -0.820. The lowest BCUT2D eigenvalue weighted by atomic mass is 9.73. The molecule has 0 saturated heterocycles. The van der Waals surface area contributed by atoms with Crippen molar-refractivity contribution in [3.63, 3.8) is 0 Å². The second kappa shape index (κ2) is 5.01. The third-order valence-corrected chi connectivity index (χ3v) is 4.00. The highest BCUT2D eigenvalue weighted by atomic mass is 14.6. The Labute approximate surface area is 99.0 Å². The highest BCUT2D eigenvalue weighted by Gasteiger charge is 2.27. The summed E-state index contributed by atoms with van der Waals surface area (Å²) in [6.45, 7) is 5.27. The third kappa shape index (κ3) is 2.30. The topological polar surface area (TPSA) is 26.0 Å². The molecular formula is C15H23N. The van der Waals surface area contributed by atoms with Crippen molar-refractivity contribution in [2.45, 2.75) is 44.9 Å². The number of rotatable bonds is 4. The summed E-state index contributed by atoms with van der Waals surface area (Å²) in [4.78, 5) is 0. The molecule has 1 aromatic rings. The van der Waals surface area contributed by atoms with Gasteiger partial charge in [0.2, 0.25) is 0 Å². The molecule has 0 radical (unpaired) electrons. The van der Waals surface area contributed by atoms with Crippen molar-refractivity contribution in [3.05, 3.63) is 35.4 Å². The summed E-state index contributed by atoms with van der Waals surface area (Å²) in [6.07, 6.45) is 4.13. The first-order valence-electron chi connectivity index (χ1n) is 6.52. The monoisotopic (exact) mass is 217 g/mol. The Bertz CT molecular complexity index is 322. The number of hydrogen-bond acceptors (Lipinski definition) is 1. The third-order valence-electron chi connectivity index (χ3n) is 4.00. The molecule has 16 heavy (non-hydrogen) atoms. The fourth-order valence-corrected chi connectivity index (χ4v) is 2.57. The zero-order valence-corrected chi connectivity index (χ0v) is 10.4. The van der Waals surface area contributed by atoms with Crippen LogP contribution in [0.15, 0.2) is 24.3 Å². The van der Waals surface area contributed by atoms with Gasteiger partial charge < -0.3 is 5.73 Å². The summed E-state index contributed by atoms with van der Waals surface area (Å²) in [5, 5.41) is 0. The summed E-state index contributed by atoms with van der Waals surface area (Å²) in [5.41, 5.74) is 8.78. The first-order chi connectivity index (χ1) is 7.72. The molecule has 1 atom stereocenters. The minimum absolute atomic E-state index is 0.593. The summed E-state index contributed by atoms with van der Waals surface area (Å²) >= 11 is 0. The van der Waals surface area contributed by atoms with Crippen LogP contribution in [0.2, 0.25) is 0 Å². The van der Waals surface area contributed by atoms with E-state index in [0.29, 0.717) is 11.8 Å². The molecule has 1 unspecified atom stereocenters. The van der Waals surface area contributed by atoms with Crippen LogP contribution >= 0.6 is 0 Å². The van der Waals surface area contributed by atoms with Crippen LogP contribution in [0.3, 0.4) is 0 Å². The van der Waals surface area contributed by atoms with Crippen LogP contribution in [0.25, 0.3) is 0 Å². The molecule has 88 valence electrons. The van der Waals surface area contributed by atoms with E-state index in [9.17, 15) is 0 Å². The molecule has 0 aromatic heterocycles. The molecule has 2 rings (SSSR count). The number of hydrogen-bond donors (Lipinski definition) is 1. The molecule has 0 spiro atoms. The van der Waals surface area contributed by atoms with Crippen molar-refractivity contribution in [1.82, 2.24) is 0 Å². The Morgan fingerprint density at radius 2 is 1.69 bits per heavy atom. The van der Waals surface area contributed by atoms with Crippen molar-refractivity contribution in [3.8, 4) is 0 Å². The van der Waals surface area contributed by atoms with Crippen LogP contribution in [0.4, 0.5) is 0 Å². The lowest BCUT2D eigenvalue weighted by molar-refractivity contribution is 0.264. The Kier molecular flexibility index (Phi) is 3.65. The molecule has 2 N–H and O–H groups in total. The van der Waals surface area contributed by atoms with E-state index in [-0.39, 0.29) is 0 Å². The van der Waals surface area contributed by atoms with Crippen LogP contribution in [0.1, 0.15) is 56.1 Å². The lowest BCUT2D eigenvalue weighted by Crippen LogP contribution is -2.26. The average Bonchev–Trinajstić information content (AvgIpc) is 2.23. The molecule has 1 aromatic carbocycles. The fourth-order valence-electron chi connectivity index (χ4n) is 2.57. The summed E-state index contributed by atoms with van der Waals surface area (Å²) in [6, 6.07) is 9.10. The molecule has 1 saturated carbocycles. The van der Waals surface area contributed by atoms with Crippen molar-refractivity contribution in [2.75, 3.05) is 6.54 Å². The summed E-state index contributed by atoms with van der Waals surface area (Å²) < 4.78 is 0. The second-order valence-corrected chi connectivity index (χ2v) is 5.35. The van der Waals surface area contributed by atoms with Crippen LogP contribution < -0.4 is 5.73 Å². The van der Waals surface area contributed by atoms with E-state index in [1.54, 1.807) is 0 Å². The molecular weight excluding hydrogens is 194 g/mol. The van der Waals surface area contributed by atoms with Gasteiger partial charge in [0.15, 0.2) is 0 Å². The predicted molar refractivity (Wildman–Crippen MR) is 69.7 cm³/mol. The second-order valence-electron chi connectivity index (χ2n) is 5.35. The normalized spacial score (nSPS) is 18.5. The van der Waals surface area contributed by atoms with Gasteiger partial charge >= 0.3 is 0 Å². The maximum Gasteiger partial charge on any atom is -0.000556 e. The van der Waals surface area contributed by atoms with Gasteiger partial charge in [0.25, 0.3) is 0 Å². The zero-order valence-electron chi connectivity index (χ0n) is 10.4. The van der Waals surface area contributed by atoms with E-state index < -0.39 is 0 Å². The quantitative estimate of drug-likeness (QED) is 0.818. The van der Waals surface area contributed by atoms with Gasteiger partial charge in [-0.15, -0.1) is 0 Å². The van der Waals surface area contributed by atoms with Crippen LogP contribution in [0, 0.1) is 5.92 Å². The van der Waals surface area contributed by atoms with Gasteiger partial charge in [-0.25, -0.2) is 0 Å². The van der Waals surface area contributed by atoms with Gasteiger partial charge in [0.1, 0.15) is 0 Å². The molecule has 0 bridgehead atoms. The van der Waals surface area contributed by atoms with E-state index in [1.807, 2.05) is 0 Å². The van der Waals surface area contributed by atoms with Gasteiger partial charge in [-0.3, -0.25) is 0 Å². The van der Waals surface area contributed by atoms with Crippen LogP contribution in [0.5, 0.6) is 0 Å². The van der Waals surface area contributed by atoms with E-state index in [0.717, 1.165) is 12.5 Å². The van der Waals surface area contributed by atoms with Crippen molar-refractivity contribution in [1.29, 1.82) is 0 Å². The smallest absolute Gasteiger partial charge is 0.000556 e. The molecule has 1 nitrogen and oxygen atoms in total. The standard InChI is InChI=1S/C15H23N/c1-11(2)12-6-8-14(9-7-12)15(10-16)13-4-3-5-13/h6-9,11,13,15H,3-5,10,16H2,1-2H3. The van der Waals surface area contributed by atoms with Crippen molar-refractivity contribution < 1.29 is 0 Å². The highest BCUT2D eigenvalue weighted by Crippen LogP contribution is 2.38. The number of nitrogens with two attached hydrogens (primary N) is 1. The van der Waals surface area contributed by atoms with E-state index in [4.69, 9.17) is 5.73 Å². The zero-order chi connectivity index (χ0) is 11.5. The maximum absolute atomic E-state index is 5.91. The fraction of sp³-hybridized carbons (Fsp3) is 0.600. The summed E-state index contributed by atoms with van der Waals surface area (Å²) in [7, 11) is 0. The van der Waals surface area contributed by atoms with Crippen LogP contribution in [-0.4, -0.2) is 6.54 Å². The molecule has 1 aliphatic rings. The Morgan fingerprint density at radius 1 is 1.12 bits per heavy atom. The van der Waals surface area contributed by atoms with Gasteiger partial charge in [-0.2, -0.15) is 0 Å². The molecule has 1 fully saturated rings. The summed E-state index contributed by atoms with van der Waals surface area (Å²) in [5.74, 6) is 2.05. The van der Waals surface area contributed by atoms with Gasteiger partial charge in [0.05, 0.1) is 0 Å². The Morgan fingerprint density at radius 3 is 2.06 bits per heavy atom. The van der Waals surface area contributed by atoms with Crippen molar-refractivity contribution >= 4 is 0 Å². The molecule has 0 heterocycles. The van der Waals surface area contributed by atoms with Gasteiger partial charge in [-0.1, -0.05) is 44.5 Å². The van der Waals surface area contributed by atoms with Crippen LogP contribution in [-0.2, 0) is 0 Å². The van der Waals surface area contributed by atoms with Gasteiger partial charge in [0, 0.05) is 0 Å². The Balaban J connectivity index is 2.12. The van der Waals surface area contributed by atoms with Crippen molar-refractivity contribution in [2.24, 2.45) is 11.7 Å². The minimum atomic E-state index is 0.593. The number of benzene rings is 1. The average molecular weight is 217 g/mol. The first-order valence-corrected chi connectivity index (χ1v) is 6.52. The molecule has 1 heteroatoms. The van der Waals surface area contributed by atoms with E-state index >= 15 is 0 Å².